The number of nitrogens with two attached hydrogens (primary N) is 3. The second-order valence-electron chi connectivity index (χ2n) is 23.0. The molecule has 9 aromatic rings. The zero-order valence-electron chi connectivity index (χ0n) is 50.2. The number of nitrogens with zero attached hydrogens (tertiary/aromatic N) is 3. The minimum Gasteiger partial charge on any atom is -0.438 e. The topological polar surface area (TPSA) is 274 Å². The fraction of sp³-hybridized carbons (Fsp3) is 0.260. The van der Waals surface area contributed by atoms with Crippen LogP contribution in [0.25, 0.3) is 33.4 Å². The second-order valence-corrected chi connectivity index (χ2v) is 24.1. The molecule has 3 amide bonds. The number of carbonyl (C=O) groups excluding carboxylic acids is 3. The first kappa shape index (κ1) is 63.6. The number of anilines is 3. The normalized spacial score (nSPS) is 18.7. The molecule has 3 fully saturated rings. The Morgan fingerprint density at radius 3 is 1.31 bits per heavy atom. The smallest absolute Gasteiger partial charge is 0.250 e. The highest BCUT2D eigenvalue weighted by molar-refractivity contribution is 7.99. The van der Waals surface area contributed by atoms with Crippen LogP contribution in [0.2, 0.25) is 0 Å². The quantitative estimate of drug-likeness (QED) is 0.0387. The summed E-state index contributed by atoms with van der Waals surface area (Å²) in [5, 5.41) is 40.7. The number of rotatable bonds is 18. The Balaban J connectivity index is 0.000000148. The average Bonchev–Trinajstić information content (AvgIpc) is 0.992. The van der Waals surface area contributed by atoms with Crippen molar-refractivity contribution in [3.63, 3.8) is 0 Å². The third kappa shape index (κ3) is 17.5. The molecule has 12 rings (SSSR count). The highest BCUT2D eigenvalue weighted by Crippen LogP contribution is 2.39. The van der Waals surface area contributed by atoms with Crippen molar-refractivity contribution in [1.29, 1.82) is 0 Å². The van der Waals surface area contributed by atoms with Gasteiger partial charge >= 0.3 is 0 Å². The molecule has 12 N–H and O–H groups in total. The van der Waals surface area contributed by atoms with Gasteiger partial charge in [0.1, 0.15) is 10.8 Å². The summed E-state index contributed by atoms with van der Waals surface area (Å²) in [7, 11) is 0. The van der Waals surface area contributed by atoms with Gasteiger partial charge in [0.05, 0.1) is 35.0 Å². The number of aliphatic hydroxyl groups is 3. The van der Waals surface area contributed by atoms with E-state index in [2.05, 4.69) is 55.2 Å². The molecule has 90 heavy (non-hydrogen) atoms. The summed E-state index contributed by atoms with van der Waals surface area (Å²) < 4.78 is 5.99. The number of hydrogen-bond acceptors (Lipinski definition) is 14. The Labute approximate surface area is 529 Å². The Morgan fingerprint density at radius 1 is 0.433 bits per heavy atom. The van der Waals surface area contributed by atoms with E-state index in [-0.39, 0.29) is 36.4 Å². The van der Waals surface area contributed by atoms with Crippen LogP contribution in [0.4, 0.5) is 17.1 Å². The van der Waals surface area contributed by atoms with Gasteiger partial charge < -0.3 is 53.2 Å². The summed E-state index contributed by atoms with van der Waals surface area (Å²) in [5.41, 5.74) is 28.7. The summed E-state index contributed by atoms with van der Waals surface area (Å²) in [5.74, 6) is -0.178. The van der Waals surface area contributed by atoms with Crippen LogP contribution in [0.5, 0.6) is 11.6 Å². The lowest BCUT2D eigenvalue weighted by Gasteiger charge is -2.28. The average molecular weight is 1220 g/mol. The number of amides is 3. The van der Waals surface area contributed by atoms with Gasteiger partial charge in [-0.15, -0.1) is 0 Å². The molecule has 0 bridgehead atoms. The maximum atomic E-state index is 12.0. The lowest BCUT2D eigenvalue weighted by Crippen LogP contribution is -2.29. The molecule has 0 atom stereocenters. The zero-order valence-corrected chi connectivity index (χ0v) is 51.0. The molecule has 0 unspecified atom stereocenters. The number of carbonyl (C=O) groups is 3. The van der Waals surface area contributed by atoms with E-state index in [4.69, 9.17) is 21.9 Å². The van der Waals surface area contributed by atoms with Gasteiger partial charge in [-0.2, -0.15) is 0 Å². The molecule has 0 radical (unpaired) electrons. The van der Waals surface area contributed by atoms with E-state index in [1.807, 2.05) is 140 Å². The molecule has 0 spiro atoms. The van der Waals surface area contributed by atoms with Crippen LogP contribution in [0.15, 0.2) is 211 Å². The van der Waals surface area contributed by atoms with E-state index in [0.29, 0.717) is 34.0 Å². The fourth-order valence-electron chi connectivity index (χ4n) is 11.7. The number of hydrogen-bond donors (Lipinski definition) is 9. The van der Waals surface area contributed by atoms with Crippen LogP contribution >= 0.6 is 11.8 Å². The molecule has 6 aromatic carbocycles. The Hall–Kier alpha value is -9.39. The summed E-state index contributed by atoms with van der Waals surface area (Å²) >= 11 is 1.61. The van der Waals surface area contributed by atoms with E-state index in [9.17, 15) is 29.7 Å². The van der Waals surface area contributed by atoms with Crippen molar-refractivity contribution in [3.05, 3.63) is 229 Å². The van der Waals surface area contributed by atoms with Crippen molar-refractivity contribution >= 4 is 46.5 Å². The monoisotopic (exact) mass is 1220 g/mol. The lowest BCUT2D eigenvalue weighted by atomic mass is 9.92. The summed E-state index contributed by atoms with van der Waals surface area (Å²) in [6.07, 6.45) is 15.1. The second kappa shape index (κ2) is 31.2. The minimum absolute atomic E-state index is 0.196. The number of primary amides is 3. The Kier molecular flexibility index (Phi) is 22.0. The first-order valence-electron chi connectivity index (χ1n) is 30.8. The van der Waals surface area contributed by atoms with Crippen LogP contribution in [0.1, 0.15) is 119 Å². The van der Waals surface area contributed by atoms with Crippen LogP contribution < -0.4 is 37.9 Å². The number of nitrogens with one attached hydrogen (secondary N) is 3. The molecule has 3 aliphatic carbocycles. The lowest BCUT2D eigenvalue weighted by molar-refractivity contribution is 0.0992. The summed E-state index contributed by atoms with van der Waals surface area (Å²) in [6, 6.07) is 59.2. The van der Waals surface area contributed by atoms with Gasteiger partial charge in [0.25, 0.3) is 17.7 Å². The molecule has 462 valence electrons. The summed E-state index contributed by atoms with van der Waals surface area (Å²) in [4.78, 5) is 50.2. The van der Waals surface area contributed by atoms with E-state index < -0.39 is 17.7 Å². The predicted molar refractivity (Wildman–Crippen MR) is 357 cm³/mol. The van der Waals surface area contributed by atoms with Crippen molar-refractivity contribution in [2.75, 3.05) is 16.0 Å². The molecule has 16 nitrogen and oxygen atoms in total. The Bertz CT molecular complexity index is 3440. The highest BCUT2D eigenvalue weighted by atomic mass is 32.2. The third-order valence-electron chi connectivity index (χ3n) is 16.6. The molecule has 0 aliphatic heterocycles. The molecule has 17 heteroatoms. The van der Waals surface area contributed by atoms with Crippen molar-refractivity contribution in [1.82, 2.24) is 15.0 Å². The van der Waals surface area contributed by atoms with E-state index in [1.54, 1.807) is 48.4 Å². The van der Waals surface area contributed by atoms with Gasteiger partial charge in [-0.05, 0) is 189 Å². The van der Waals surface area contributed by atoms with Crippen LogP contribution in [0.3, 0.4) is 0 Å². The molecular weight excluding hydrogens is 1150 g/mol. The Morgan fingerprint density at radius 2 is 0.844 bits per heavy atom. The summed E-state index contributed by atoms with van der Waals surface area (Å²) in [6.45, 7) is 0. The van der Waals surface area contributed by atoms with Gasteiger partial charge in [-0.3, -0.25) is 19.4 Å². The maximum absolute atomic E-state index is 12.0. The predicted octanol–water partition coefficient (Wildman–Crippen LogP) is 13.2. The zero-order chi connectivity index (χ0) is 62.8. The third-order valence-corrected chi connectivity index (χ3v) is 17.6. The van der Waals surface area contributed by atoms with Crippen LogP contribution in [0, 0.1) is 0 Å². The maximum Gasteiger partial charge on any atom is 0.250 e. The number of ether oxygens (including phenoxy) is 1. The molecule has 3 saturated carbocycles. The van der Waals surface area contributed by atoms with Crippen molar-refractivity contribution in [2.45, 2.75) is 130 Å². The number of pyridine rings is 3. The largest absolute Gasteiger partial charge is 0.438 e. The van der Waals surface area contributed by atoms with Crippen molar-refractivity contribution in [3.8, 4) is 45.0 Å². The van der Waals surface area contributed by atoms with E-state index in [0.717, 1.165) is 144 Å². The minimum atomic E-state index is -0.474. The van der Waals surface area contributed by atoms with Crippen LogP contribution in [-0.4, -0.2) is 84.4 Å². The van der Waals surface area contributed by atoms with Gasteiger partial charge in [0.2, 0.25) is 5.88 Å². The number of para-hydroxylation sites is 1. The molecule has 0 saturated heterocycles. The first-order valence-corrected chi connectivity index (χ1v) is 31.6. The highest BCUT2D eigenvalue weighted by Gasteiger charge is 2.25. The van der Waals surface area contributed by atoms with Gasteiger partial charge in [-0.25, -0.2) is 9.97 Å². The van der Waals surface area contributed by atoms with Gasteiger partial charge in [0, 0.05) is 82.4 Å². The van der Waals surface area contributed by atoms with Crippen molar-refractivity contribution in [2.24, 2.45) is 17.2 Å². The molecule has 3 aromatic heterocycles. The van der Waals surface area contributed by atoms with Gasteiger partial charge in [0.15, 0.2) is 0 Å². The molecule has 3 aliphatic rings. The number of aromatic nitrogens is 3. The van der Waals surface area contributed by atoms with Crippen LogP contribution in [-0.2, 0) is 6.42 Å². The SMILES string of the molecule is NC(=O)c1ccc(-c2ccccc2Cc2ccccn2)cc1NC1CCC(O)CC1.NC(=O)c1ccc(-c2ccccc2Oc2ccccn2)cc1NC1CCC(O)CC1.NC(=O)c1ccc(-c2ccccc2Sc2ccccn2)cc1NC1CCC(O)CC1. The van der Waals surface area contributed by atoms with Gasteiger partial charge in [-0.1, -0.05) is 109 Å². The molecule has 3 heterocycles. The number of aliphatic hydroxyl groups excluding tert-OH is 3. The molecular formula is C73H77N9O7S. The van der Waals surface area contributed by atoms with Crippen molar-refractivity contribution < 1.29 is 34.4 Å². The van der Waals surface area contributed by atoms with E-state index >= 15 is 0 Å². The standard InChI is InChI=1S/C25H27N3O2.C24H25N3O3.C24H25N3O2S/c26-25(30)23-13-8-18(16-24(23)28-19-9-11-21(29)12-10-19)22-7-2-1-5-17(22)15-20-6-3-4-14-27-20;2*25-24(29)20-13-8-16(15-21(20)27-17-9-11-18(28)12-10-17)19-5-1-2-6-22(19)30-23-7-3-4-14-26-23/h1-8,13-14,16,19,21,28-29H,9-12,15H2,(H2,26,30);2*1-8,13-15,17-18,27-28H,9-12H2,(H2,25,29). The fourth-order valence-corrected chi connectivity index (χ4v) is 12.7. The number of benzene rings is 6. The van der Waals surface area contributed by atoms with E-state index in [1.165, 1.54) is 5.56 Å². The first-order chi connectivity index (χ1) is 43.8.